The van der Waals surface area contributed by atoms with Gasteiger partial charge in [0.05, 0.1) is 5.69 Å². The Morgan fingerprint density at radius 1 is 1.00 bits per heavy atom. The molecule has 2 aromatic carbocycles. The Kier molecular flexibility index (Phi) is 2.76. The molecule has 1 aliphatic heterocycles. The normalized spacial score (nSPS) is 14.7. The van der Waals surface area contributed by atoms with Crippen molar-refractivity contribution < 1.29 is 4.39 Å². The second kappa shape index (κ2) is 4.42. The molecule has 1 heterocycles. The Labute approximate surface area is 106 Å². The van der Waals surface area contributed by atoms with Crippen molar-refractivity contribution in [1.82, 2.24) is 4.90 Å². The van der Waals surface area contributed by atoms with Crippen LogP contribution in [0.1, 0.15) is 16.7 Å². The summed E-state index contributed by atoms with van der Waals surface area (Å²) in [6.07, 6.45) is 0. The molecule has 0 atom stereocenters. The summed E-state index contributed by atoms with van der Waals surface area (Å²) >= 11 is 0. The third-order valence-electron chi connectivity index (χ3n) is 3.41. The fraction of sp³-hybridized carbons (Fsp3) is 0.200. The van der Waals surface area contributed by atoms with Gasteiger partial charge in [-0.3, -0.25) is 4.90 Å². The van der Waals surface area contributed by atoms with Crippen LogP contribution in [0.3, 0.4) is 0 Å². The van der Waals surface area contributed by atoms with E-state index in [1.165, 1.54) is 11.1 Å². The maximum absolute atomic E-state index is 13.8. The van der Waals surface area contributed by atoms with Crippen LogP contribution in [0.15, 0.2) is 42.5 Å². The summed E-state index contributed by atoms with van der Waals surface area (Å²) in [6.45, 7) is 2.36. The second-order valence-corrected chi connectivity index (χ2v) is 4.73. The van der Waals surface area contributed by atoms with Gasteiger partial charge in [-0.25, -0.2) is 4.39 Å². The zero-order valence-electron chi connectivity index (χ0n) is 10.1. The number of hydrogen-bond donors (Lipinski definition) is 1. The van der Waals surface area contributed by atoms with Gasteiger partial charge >= 0.3 is 0 Å². The first-order valence-electron chi connectivity index (χ1n) is 6.06. The van der Waals surface area contributed by atoms with E-state index < -0.39 is 0 Å². The van der Waals surface area contributed by atoms with E-state index in [1.807, 2.05) is 12.1 Å². The third-order valence-corrected chi connectivity index (χ3v) is 3.41. The molecule has 0 aromatic heterocycles. The Hall–Kier alpha value is -1.87. The number of halogens is 1. The van der Waals surface area contributed by atoms with Gasteiger partial charge in [0.1, 0.15) is 0 Å². The highest BCUT2D eigenvalue weighted by Gasteiger charge is 2.19. The van der Waals surface area contributed by atoms with Crippen molar-refractivity contribution in [3.8, 4) is 0 Å². The van der Waals surface area contributed by atoms with Gasteiger partial charge in [-0.15, -0.1) is 0 Å². The van der Waals surface area contributed by atoms with Gasteiger partial charge in [0, 0.05) is 25.2 Å². The molecular weight excluding hydrogens is 227 g/mol. The zero-order chi connectivity index (χ0) is 12.5. The fourth-order valence-corrected chi connectivity index (χ4v) is 2.48. The summed E-state index contributed by atoms with van der Waals surface area (Å²) < 4.78 is 13.8. The highest BCUT2D eigenvalue weighted by Crippen LogP contribution is 2.25. The Morgan fingerprint density at radius 2 is 1.67 bits per heavy atom. The van der Waals surface area contributed by atoms with Crippen LogP contribution in [0.2, 0.25) is 0 Å². The molecule has 0 aliphatic carbocycles. The number of nitrogen functional groups attached to an aromatic ring is 1. The lowest BCUT2D eigenvalue weighted by atomic mass is 10.1. The SMILES string of the molecule is Nc1cccc(CN2Cc3ccccc3C2)c1F. The Balaban J connectivity index is 1.78. The number of rotatable bonds is 2. The molecule has 0 amide bonds. The molecule has 0 bridgehead atoms. The summed E-state index contributed by atoms with van der Waals surface area (Å²) in [6, 6.07) is 13.5. The lowest BCUT2D eigenvalue weighted by Gasteiger charge is -2.15. The minimum atomic E-state index is -0.284. The molecule has 0 fully saturated rings. The molecule has 18 heavy (non-hydrogen) atoms. The largest absolute Gasteiger partial charge is 0.396 e. The van der Waals surface area contributed by atoms with Crippen LogP contribution >= 0.6 is 0 Å². The summed E-state index contributed by atoms with van der Waals surface area (Å²) in [4.78, 5) is 2.22. The first-order valence-corrected chi connectivity index (χ1v) is 6.06. The van der Waals surface area contributed by atoms with Crippen LogP contribution in [-0.4, -0.2) is 4.90 Å². The number of fused-ring (bicyclic) bond motifs is 1. The van der Waals surface area contributed by atoms with E-state index in [4.69, 9.17) is 5.73 Å². The monoisotopic (exact) mass is 242 g/mol. The molecule has 0 unspecified atom stereocenters. The highest BCUT2D eigenvalue weighted by molar-refractivity contribution is 5.43. The van der Waals surface area contributed by atoms with E-state index >= 15 is 0 Å². The molecule has 0 saturated heterocycles. The van der Waals surface area contributed by atoms with Crippen molar-refractivity contribution in [3.05, 3.63) is 65.0 Å². The first-order chi connectivity index (χ1) is 8.74. The number of nitrogens with two attached hydrogens (primary N) is 1. The van der Waals surface area contributed by atoms with Crippen LogP contribution in [0.4, 0.5) is 10.1 Å². The van der Waals surface area contributed by atoms with E-state index in [-0.39, 0.29) is 11.5 Å². The summed E-state index contributed by atoms with van der Waals surface area (Å²) in [7, 11) is 0. The van der Waals surface area contributed by atoms with Gasteiger partial charge in [-0.2, -0.15) is 0 Å². The summed E-state index contributed by atoms with van der Waals surface area (Å²) in [5.74, 6) is -0.284. The maximum atomic E-state index is 13.8. The van der Waals surface area contributed by atoms with Crippen LogP contribution in [0, 0.1) is 5.82 Å². The molecular formula is C15H15FN2. The van der Waals surface area contributed by atoms with E-state index in [0.717, 1.165) is 13.1 Å². The van der Waals surface area contributed by atoms with Crippen LogP contribution < -0.4 is 5.73 Å². The number of benzene rings is 2. The molecule has 2 nitrogen and oxygen atoms in total. The maximum Gasteiger partial charge on any atom is 0.150 e. The van der Waals surface area contributed by atoms with Crippen LogP contribution in [0.5, 0.6) is 0 Å². The minimum Gasteiger partial charge on any atom is -0.396 e. The molecule has 92 valence electrons. The van der Waals surface area contributed by atoms with Crippen molar-refractivity contribution in [3.63, 3.8) is 0 Å². The minimum absolute atomic E-state index is 0.226. The van der Waals surface area contributed by atoms with Crippen LogP contribution in [-0.2, 0) is 19.6 Å². The average molecular weight is 242 g/mol. The van der Waals surface area contributed by atoms with Gasteiger partial charge in [-0.1, -0.05) is 36.4 Å². The first kappa shape index (κ1) is 11.2. The molecule has 0 saturated carbocycles. The highest BCUT2D eigenvalue weighted by atomic mass is 19.1. The lowest BCUT2D eigenvalue weighted by molar-refractivity contribution is 0.271. The van der Waals surface area contributed by atoms with Crippen molar-refractivity contribution >= 4 is 5.69 Å². The van der Waals surface area contributed by atoms with Gasteiger partial charge in [0.15, 0.2) is 5.82 Å². The molecule has 0 radical (unpaired) electrons. The smallest absolute Gasteiger partial charge is 0.150 e. The Morgan fingerprint density at radius 3 is 2.33 bits per heavy atom. The summed E-state index contributed by atoms with van der Waals surface area (Å²) in [5, 5.41) is 0. The van der Waals surface area contributed by atoms with E-state index in [2.05, 4.69) is 17.0 Å². The van der Waals surface area contributed by atoms with Crippen molar-refractivity contribution in [2.45, 2.75) is 19.6 Å². The number of nitrogens with zero attached hydrogens (tertiary/aromatic N) is 1. The van der Waals surface area contributed by atoms with Gasteiger partial charge in [0.25, 0.3) is 0 Å². The van der Waals surface area contributed by atoms with Crippen molar-refractivity contribution in [2.24, 2.45) is 0 Å². The quantitative estimate of drug-likeness (QED) is 0.820. The van der Waals surface area contributed by atoms with Crippen molar-refractivity contribution in [1.29, 1.82) is 0 Å². The fourth-order valence-electron chi connectivity index (χ4n) is 2.48. The molecule has 3 rings (SSSR count). The molecule has 3 heteroatoms. The standard InChI is InChI=1S/C15H15FN2/c16-15-13(6-3-7-14(15)17)10-18-8-11-4-1-2-5-12(11)9-18/h1-7H,8-10,17H2. The van der Waals surface area contributed by atoms with E-state index in [0.29, 0.717) is 12.1 Å². The van der Waals surface area contributed by atoms with E-state index in [1.54, 1.807) is 18.2 Å². The molecule has 2 aromatic rings. The molecule has 1 aliphatic rings. The van der Waals surface area contributed by atoms with Gasteiger partial charge < -0.3 is 5.73 Å². The summed E-state index contributed by atoms with van der Waals surface area (Å²) in [5.41, 5.74) is 9.15. The predicted octanol–water partition coefficient (Wildman–Crippen LogP) is 2.92. The second-order valence-electron chi connectivity index (χ2n) is 4.73. The van der Waals surface area contributed by atoms with E-state index in [9.17, 15) is 4.39 Å². The molecule has 0 spiro atoms. The van der Waals surface area contributed by atoms with Crippen molar-refractivity contribution in [2.75, 3.05) is 5.73 Å². The van der Waals surface area contributed by atoms with Crippen LogP contribution in [0.25, 0.3) is 0 Å². The topological polar surface area (TPSA) is 29.3 Å². The number of hydrogen-bond acceptors (Lipinski definition) is 2. The number of anilines is 1. The van der Waals surface area contributed by atoms with Gasteiger partial charge in [-0.05, 0) is 17.2 Å². The average Bonchev–Trinajstić information content (AvgIpc) is 2.77. The Bertz CT molecular complexity index is 555. The molecule has 2 N–H and O–H groups in total. The third kappa shape index (κ3) is 1.97. The predicted molar refractivity (Wildman–Crippen MR) is 70.2 cm³/mol. The lowest BCUT2D eigenvalue weighted by Crippen LogP contribution is -2.16. The van der Waals surface area contributed by atoms with Gasteiger partial charge in [0.2, 0.25) is 0 Å². The zero-order valence-corrected chi connectivity index (χ0v) is 10.1.